The summed E-state index contributed by atoms with van der Waals surface area (Å²) in [5.74, 6) is 0. The van der Waals surface area contributed by atoms with Crippen LogP contribution in [0.2, 0.25) is 0 Å². The molecule has 1 radical (unpaired) electrons. The van der Waals surface area contributed by atoms with Crippen molar-refractivity contribution < 1.29 is 37.5 Å². The topological polar surface area (TPSA) is 17.1 Å². The summed E-state index contributed by atoms with van der Waals surface area (Å²) in [5, 5.41) is 0. The molecule has 0 amide bonds. The fourth-order valence-electron chi connectivity index (χ4n) is 0. The number of hydrogen-bond acceptors (Lipinski definition) is 1. The Bertz CT molecular complexity index is 13.5. The third kappa shape index (κ3) is 14.6. The monoisotopic (exact) mass is 132 g/mol. The first-order chi connectivity index (χ1) is 1.41. The van der Waals surface area contributed by atoms with E-state index in [1.165, 1.54) is 13.2 Å². The molecule has 0 unspecified atom stereocenters. The molecular weight excluding hydrogens is 129 g/mol. The number of hydrogen-bond donors (Lipinski definition) is 0. The molecule has 2 heteroatoms. The summed E-state index contributed by atoms with van der Waals surface area (Å²) >= 11 is 0. The summed E-state index contributed by atoms with van der Waals surface area (Å²) in [6.07, 6.45) is 1.50. The second-order valence-corrected chi connectivity index (χ2v) is 0.204. The molecule has 0 heterocycles. The third-order valence-electron chi connectivity index (χ3n) is 0. The van der Waals surface area contributed by atoms with Crippen molar-refractivity contribution in [2.24, 2.45) is 0 Å². The van der Waals surface area contributed by atoms with Gasteiger partial charge in [0, 0.05) is 32.7 Å². The summed E-state index contributed by atoms with van der Waals surface area (Å²) in [6.45, 7) is 1.32. The second kappa shape index (κ2) is 9.23. The molecule has 0 aliphatic heterocycles. The van der Waals surface area contributed by atoms with Crippen molar-refractivity contribution in [1.29, 1.82) is 0 Å². The number of carbonyl (C=O) groups excluding carboxylic acids is 1. The van der Waals surface area contributed by atoms with Crippen molar-refractivity contribution in [2.45, 2.75) is 6.92 Å². The molecule has 21 valence electrons. The Labute approximate surface area is 50.6 Å². The molecule has 0 saturated carbocycles. The normalized spacial score (nSPS) is 3.25. The average molecular weight is 132 g/mol. The fraction of sp³-hybridized carbons (Fsp3) is 0.500. The second-order valence-electron chi connectivity index (χ2n) is 0.204. The van der Waals surface area contributed by atoms with Gasteiger partial charge in [-0.3, -0.25) is 6.29 Å². The van der Waals surface area contributed by atoms with Crippen molar-refractivity contribution in [3.05, 3.63) is 0 Å². The minimum Gasteiger partial charge on any atom is -0.542 e. The van der Waals surface area contributed by atoms with Crippen molar-refractivity contribution in [1.82, 2.24) is 0 Å². The van der Waals surface area contributed by atoms with Crippen LogP contribution in [0.5, 0.6) is 0 Å². The van der Waals surface area contributed by atoms with E-state index in [9.17, 15) is 0 Å². The van der Waals surface area contributed by atoms with Gasteiger partial charge in [-0.05, 0) is 0 Å². The van der Waals surface area contributed by atoms with Crippen LogP contribution in [-0.4, -0.2) is 6.29 Å². The van der Waals surface area contributed by atoms with Crippen molar-refractivity contribution in [3.63, 3.8) is 0 Å². The van der Waals surface area contributed by atoms with Crippen LogP contribution in [0, 0.1) is 0 Å². The van der Waals surface area contributed by atoms with Gasteiger partial charge in [-0.25, -0.2) is 0 Å². The van der Waals surface area contributed by atoms with Gasteiger partial charge in [-0.2, -0.15) is 6.92 Å². The third-order valence-corrected chi connectivity index (χ3v) is 0. The SMILES string of the molecule is C[C-]=O.[Y]. The van der Waals surface area contributed by atoms with Gasteiger partial charge in [0.1, 0.15) is 0 Å². The van der Waals surface area contributed by atoms with Gasteiger partial charge >= 0.3 is 0 Å². The minimum atomic E-state index is 0. The van der Waals surface area contributed by atoms with Crippen LogP contribution < -0.4 is 0 Å². The van der Waals surface area contributed by atoms with E-state index >= 15 is 0 Å². The predicted octanol–water partition coefficient (Wildman–Crippen LogP) is 0.113. The zero-order valence-corrected chi connectivity index (χ0v) is 5.32. The molecular formula is C2H3OY-. The van der Waals surface area contributed by atoms with Gasteiger partial charge in [-0.1, -0.05) is 0 Å². The molecule has 0 aromatic carbocycles. The molecule has 0 N–H and O–H groups in total. The first-order valence-corrected chi connectivity index (χ1v) is 0.704. The van der Waals surface area contributed by atoms with E-state index in [1.807, 2.05) is 0 Å². The summed E-state index contributed by atoms with van der Waals surface area (Å²) in [4.78, 5) is 8.68. The molecule has 0 aliphatic carbocycles. The fourth-order valence-corrected chi connectivity index (χ4v) is 0. The van der Waals surface area contributed by atoms with E-state index in [4.69, 9.17) is 4.79 Å². The Balaban J connectivity index is 0. The van der Waals surface area contributed by atoms with E-state index in [1.54, 1.807) is 0 Å². The van der Waals surface area contributed by atoms with Crippen LogP contribution in [0.15, 0.2) is 0 Å². The van der Waals surface area contributed by atoms with Crippen molar-refractivity contribution in [2.75, 3.05) is 0 Å². The van der Waals surface area contributed by atoms with Crippen LogP contribution >= 0.6 is 0 Å². The summed E-state index contributed by atoms with van der Waals surface area (Å²) in [5.41, 5.74) is 0. The zero-order valence-electron chi connectivity index (χ0n) is 2.49. The van der Waals surface area contributed by atoms with Gasteiger partial charge in [0.15, 0.2) is 0 Å². The number of rotatable bonds is 0. The van der Waals surface area contributed by atoms with Crippen LogP contribution in [0.3, 0.4) is 0 Å². The zero-order chi connectivity index (χ0) is 2.71. The van der Waals surface area contributed by atoms with Crippen molar-refractivity contribution >= 4 is 6.29 Å². The molecule has 4 heavy (non-hydrogen) atoms. The molecule has 0 fully saturated rings. The van der Waals surface area contributed by atoms with E-state index in [0.717, 1.165) is 0 Å². The smallest absolute Gasteiger partial charge is 0 e. The molecule has 0 aromatic rings. The summed E-state index contributed by atoms with van der Waals surface area (Å²) in [6, 6.07) is 0. The molecule has 1 nitrogen and oxygen atoms in total. The van der Waals surface area contributed by atoms with E-state index in [-0.39, 0.29) is 32.7 Å². The quantitative estimate of drug-likeness (QED) is 0.427. The average Bonchev–Trinajstić information content (AvgIpc) is 0.918. The molecule has 0 spiro atoms. The van der Waals surface area contributed by atoms with Gasteiger partial charge in [0.2, 0.25) is 0 Å². The standard InChI is InChI=1S/C2H3O.Y/c1-2-3;/h1H3;/q-1;. The predicted molar refractivity (Wildman–Crippen MR) is 11.4 cm³/mol. The van der Waals surface area contributed by atoms with Gasteiger partial charge in [-0.15, -0.1) is 0 Å². The Morgan fingerprint density at radius 3 is 1.75 bits per heavy atom. The summed E-state index contributed by atoms with van der Waals surface area (Å²) in [7, 11) is 0. The molecule has 0 aliphatic rings. The Morgan fingerprint density at radius 2 is 1.75 bits per heavy atom. The largest absolute Gasteiger partial charge is 0.542 e. The maximum absolute atomic E-state index is 8.68. The molecule has 0 atom stereocenters. The first-order valence-electron chi connectivity index (χ1n) is 0.704. The van der Waals surface area contributed by atoms with E-state index in [2.05, 4.69) is 0 Å². The van der Waals surface area contributed by atoms with E-state index in [0.29, 0.717) is 0 Å². The Hall–Kier alpha value is 0.774. The molecule has 0 saturated heterocycles. The van der Waals surface area contributed by atoms with Gasteiger partial charge < -0.3 is 4.79 Å². The van der Waals surface area contributed by atoms with Crippen LogP contribution in [0.4, 0.5) is 0 Å². The molecule has 0 rings (SSSR count). The summed E-state index contributed by atoms with van der Waals surface area (Å²) < 4.78 is 0. The maximum atomic E-state index is 8.68. The molecule has 0 bridgehead atoms. The van der Waals surface area contributed by atoms with Gasteiger partial charge in [0.25, 0.3) is 0 Å². The van der Waals surface area contributed by atoms with Crippen LogP contribution in [0.1, 0.15) is 6.92 Å². The molecule has 0 aromatic heterocycles. The van der Waals surface area contributed by atoms with Crippen LogP contribution in [0.25, 0.3) is 0 Å². The van der Waals surface area contributed by atoms with Gasteiger partial charge in [0.05, 0.1) is 0 Å². The Kier molecular flexibility index (Phi) is 20.4. The minimum absolute atomic E-state index is 0. The van der Waals surface area contributed by atoms with Crippen LogP contribution in [-0.2, 0) is 37.5 Å². The first kappa shape index (κ1) is 8.84. The van der Waals surface area contributed by atoms with Crippen molar-refractivity contribution in [3.8, 4) is 0 Å². The maximum Gasteiger partial charge on any atom is 0 e. The van der Waals surface area contributed by atoms with E-state index < -0.39 is 0 Å². The Morgan fingerprint density at radius 1 is 1.75 bits per heavy atom.